The minimum atomic E-state index is 0.233. The fourth-order valence-corrected chi connectivity index (χ4v) is 1.71. The highest BCUT2D eigenvalue weighted by Crippen LogP contribution is 2.35. The van der Waals surface area contributed by atoms with Gasteiger partial charge in [0.25, 0.3) is 0 Å². The molecule has 0 saturated heterocycles. The second-order valence-corrected chi connectivity index (χ2v) is 3.60. The Hall–Kier alpha value is -0.510. The van der Waals surface area contributed by atoms with Crippen LogP contribution in [0.5, 0.6) is 5.75 Å². The van der Waals surface area contributed by atoms with Crippen LogP contribution < -0.4 is 0 Å². The molecule has 1 heterocycles. The van der Waals surface area contributed by atoms with Crippen LogP contribution in [0.1, 0.15) is 25.3 Å². The summed E-state index contributed by atoms with van der Waals surface area (Å²) in [6.45, 7) is 0. The van der Waals surface area contributed by atoms with Crippen molar-refractivity contribution in [2.24, 2.45) is 0 Å². The van der Waals surface area contributed by atoms with Gasteiger partial charge in [-0.3, -0.25) is 4.68 Å². The van der Waals surface area contributed by atoms with Crippen LogP contribution in [0, 0.1) is 0 Å². The normalized spacial score (nSPS) is 18.3. The van der Waals surface area contributed by atoms with E-state index >= 15 is 0 Å². The molecule has 0 spiro atoms. The molecule has 11 heavy (non-hydrogen) atoms. The lowest BCUT2D eigenvalue weighted by Gasteiger charge is -2.26. The second kappa shape index (κ2) is 2.52. The second-order valence-electron chi connectivity index (χ2n) is 2.85. The highest BCUT2D eigenvalue weighted by atomic mass is 79.9. The number of hydrogen-bond acceptors (Lipinski definition) is 2. The van der Waals surface area contributed by atoms with Gasteiger partial charge < -0.3 is 5.11 Å². The number of aromatic hydroxyl groups is 1. The van der Waals surface area contributed by atoms with Crippen molar-refractivity contribution in [1.82, 2.24) is 9.78 Å². The molecule has 1 aromatic heterocycles. The lowest BCUT2D eigenvalue weighted by atomic mass is 9.93. The molecule has 2 rings (SSSR count). The van der Waals surface area contributed by atoms with Crippen molar-refractivity contribution in [3.05, 3.63) is 10.8 Å². The molecule has 0 amide bonds. The lowest BCUT2D eigenvalue weighted by molar-refractivity contribution is 0.283. The zero-order chi connectivity index (χ0) is 7.84. The molecule has 4 heteroatoms. The van der Waals surface area contributed by atoms with E-state index in [1.165, 1.54) is 25.5 Å². The van der Waals surface area contributed by atoms with Crippen LogP contribution in [0.25, 0.3) is 0 Å². The summed E-state index contributed by atoms with van der Waals surface area (Å²) < 4.78 is 2.56. The number of halogens is 1. The molecule has 0 radical (unpaired) electrons. The summed E-state index contributed by atoms with van der Waals surface area (Å²) in [4.78, 5) is 0. The molecule has 60 valence electrons. The average molecular weight is 217 g/mol. The van der Waals surface area contributed by atoms with E-state index in [9.17, 15) is 5.11 Å². The van der Waals surface area contributed by atoms with Crippen molar-refractivity contribution in [3.8, 4) is 5.75 Å². The molecule has 1 aliphatic rings. The first-order valence-corrected chi connectivity index (χ1v) is 4.50. The van der Waals surface area contributed by atoms with E-state index in [-0.39, 0.29) is 5.75 Å². The zero-order valence-electron chi connectivity index (χ0n) is 6.00. The van der Waals surface area contributed by atoms with Gasteiger partial charge in [-0.1, -0.05) is 0 Å². The summed E-state index contributed by atoms with van der Waals surface area (Å²) in [7, 11) is 0. The third-order valence-corrected chi connectivity index (χ3v) is 2.91. The molecule has 0 bridgehead atoms. The van der Waals surface area contributed by atoms with E-state index in [1.54, 1.807) is 0 Å². The Labute approximate surface area is 73.2 Å². The van der Waals surface area contributed by atoms with E-state index in [0.717, 1.165) is 0 Å². The highest BCUT2D eigenvalue weighted by molar-refractivity contribution is 9.10. The van der Waals surface area contributed by atoms with Crippen molar-refractivity contribution in [3.63, 3.8) is 0 Å². The summed E-state index contributed by atoms with van der Waals surface area (Å²) in [6, 6.07) is 0.505. The van der Waals surface area contributed by atoms with Gasteiger partial charge in [0.1, 0.15) is 4.60 Å². The quantitative estimate of drug-likeness (QED) is 0.781. The summed E-state index contributed by atoms with van der Waals surface area (Å²) in [5, 5.41) is 13.2. The fourth-order valence-electron chi connectivity index (χ4n) is 1.22. The van der Waals surface area contributed by atoms with Gasteiger partial charge in [0, 0.05) is 0 Å². The smallest absolute Gasteiger partial charge is 0.168 e. The van der Waals surface area contributed by atoms with Crippen LogP contribution in [0.3, 0.4) is 0 Å². The predicted octanol–water partition coefficient (Wildman–Crippen LogP) is 2.08. The minimum Gasteiger partial charge on any atom is -0.504 e. The van der Waals surface area contributed by atoms with Crippen molar-refractivity contribution in [2.75, 3.05) is 0 Å². The Kier molecular flexibility index (Phi) is 1.64. The third kappa shape index (κ3) is 1.05. The number of hydrogen-bond donors (Lipinski definition) is 1. The minimum absolute atomic E-state index is 0.233. The third-order valence-electron chi connectivity index (χ3n) is 2.14. The first kappa shape index (κ1) is 7.16. The Morgan fingerprint density at radius 3 is 2.73 bits per heavy atom. The molecule has 0 unspecified atom stereocenters. The van der Waals surface area contributed by atoms with Gasteiger partial charge in [0.2, 0.25) is 0 Å². The van der Waals surface area contributed by atoms with Gasteiger partial charge in [0.15, 0.2) is 5.75 Å². The summed E-state index contributed by atoms with van der Waals surface area (Å²) in [5.74, 6) is 0.233. The zero-order valence-corrected chi connectivity index (χ0v) is 7.58. The van der Waals surface area contributed by atoms with Crippen LogP contribution in [-0.2, 0) is 0 Å². The first-order valence-electron chi connectivity index (χ1n) is 3.71. The van der Waals surface area contributed by atoms with E-state index in [0.29, 0.717) is 10.6 Å². The fraction of sp³-hybridized carbons (Fsp3) is 0.571. The summed E-state index contributed by atoms with van der Waals surface area (Å²) >= 11 is 3.28. The van der Waals surface area contributed by atoms with Gasteiger partial charge in [-0.2, -0.15) is 5.10 Å². The van der Waals surface area contributed by atoms with Crippen molar-refractivity contribution < 1.29 is 5.11 Å². The molecule has 0 atom stereocenters. The van der Waals surface area contributed by atoms with Crippen LogP contribution in [-0.4, -0.2) is 14.9 Å². The van der Waals surface area contributed by atoms with Crippen molar-refractivity contribution in [1.29, 1.82) is 0 Å². The highest BCUT2D eigenvalue weighted by Gasteiger charge is 2.22. The largest absolute Gasteiger partial charge is 0.504 e. The summed E-state index contributed by atoms with van der Waals surface area (Å²) in [5.41, 5.74) is 0. The molecular formula is C7H9BrN2O. The maximum absolute atomic E-state index is 9.18. The monoisotopic (exact) mass is 216 g/mol. The molecular weight excluding hydrogens is 208 g/mol. The van der Waals surface area contributed by atoms with E-state index in [4.69, 9.17) is 0 Å². The molecule has 1 fully saturated rings. The standard InChI is InChI=1S/C7H9BrN2O/c8-7-6(11)4-9-10(7)5-2-1-3-5/h4-5,11H,1-3H2. The SMILES string of the molecule is Oc1cnn(C2CCC2)c1Br. The van der Waals surface area contributed by atoms with Gasteiger partial charge in [-0.15, -0.1) is 0 Å². The predicted molar refractivity (Wildman–Crippen MR) is 44.5 cm³/mol. The number of nitrogens with zero attached hydrogens (tertiary/aromatic N) is 2. The Balaban J connectivity index is 2.29. The van der Waals surface area contributed by atoms with Crippen molar-refractivity contribution >= 4 is 15.9 Å². The van der Waals surface area contributed by atoms with E-state index in [1.807, 2.05) is 4.68 Å². The molecule has 3 nitrogen and oxygen atoms in total. The van der Waals surface area contributed by atoms with Crippen LogP contribution >= 0.6 is 15.9 Å². The summed E-state index contributed by atoms with van der Waals surface area (Å²) in [6.07, 6.45) is 5.11. The van der Waals surface area contributed by atoms with Crippen LogP contribution in [0.2, 0.25) is 0 Å². The molecule has 1 N–H and O–H groups in total. The van der Waals surface area contributed by atoms with Gasteiger partial charge >= 0.3 is 0 Å². The molecule has 1 aliphatic carbocycles. The number of aromatic nitrogens is 2. The molecule has 0 aromatic carbocycles. The van der Waals surface area contributed by atoms with Gasteiger partial charge in [-0.25, -0.2) is 0 Å². The van der Waals surface area contributed by atoms with Gasteiger partial charge in [0.05, 0.1) is 12.2 Å². The topological polar surface area (TPSA) is 38.1 Å². The molecule has 0 aliphatic heterocycles. The molecule has 1 saturated carbocycles. The van der Waals surface area contributed by atoms with Gasteiger partial charge in [-0.05, 0) is 35.2 Å². The van der Waals surface area contributed by atoms with Crippen LogP contribution in [0.4, 0.5) is 0 Å². The lowest BCUT2D eigenvalue weighted by Crippen LogP contribution is -2.18. The van der Waals surface area contributed by atoms with Crippen LogP contribution in [0.15, 0.2) is 10.8 Å². The molecule has 1 aromatic rings. The Morgan fingerprint density at radius 2 is 2.36 bits per heavy atom. The van der Waals surface area contributed by atoms with E-state index < -0.39 is 0 Å². The maximum atomic E-state index is 9.18. The Bertz CT molecular complexity index is 267. The van der Waals surface area contributed by atoms with E-state index in [2.05, 4.69) is 21.0 Å². The Morgan fingerprint density at radius 1 is 1.64 bits per heavy atom. The first-order chi connectivity index (χ1) is 5.29. The maximum Gasteiger partial charge on any atom is 0.168 e. The number of rotatable bonds is 1. The average Bonchev–Trinajstić information content (AvgIpc) is 2.15. The van der Waals surface area contributed by atoms with Crippen molar-refractivity contribution in [2.45, 2.75) is 25.3 Å².